The molecule has 4 nitrogen and oxygen atoms in total. The lowest BCUT2D eigenvalue weighted by Gasteiger charge is -2.28. The third kappa shape index (κ3) is 5.46. The highest BCUT2D eigenvalue weighted by Gasteiger charge is 2.42. The summed E-state index contributed by atoms with van der Waals surface area (Å²) in [5, 5.41) is 6.32. The minimum atomic E-state index is -0.174. The van der Waals surface area contributed by atoms with E-state index in [0.29, 0.717) is 17.2 Å². The van der Waals surface area contributed by atoms with E-state index in [0.717, 1.165) is 33.5 Å². The number of hydrogen-bond donors (Lipinski definition) is 2. The molecule has 2 aliphatic rings. The van der Waals surface area contributed by atoms with Gasteiger partial charge in [0.2, 0.25) is 5.91 Å². The van der Waals surface area contributed by atoms with Crippen molar-refractivity contribution in [3.8, 4) is 11.1 Å². The van der Waals surface area contributed by atoms with Gasteiger partial charge in [-0.05, 0) is 67.7 Å². The third-order valence-electron chi connectivity index (χ3n) is 7.57. The monoisotopic (exact) mass is 484 g/mol. The molecule has 0 radical (unpaired) electrons. The Morgan fingerprint density at radius 1 is 0.914 bits per heavy atom. The number of carbonyl (C=O) groups excluding carboxylic acids is 2. The van der Waals surface area contributed by atoms with Gasteiger partial charge in [0.05, 0.1) is 11.3 Å². The number of hydrogen-bond acceptors (Lipinski definition) is 3. The van der Waals surface area contributed by atoms with Gasteiger partial charge in [-0.25, -0.2) is 0 Å². The highest BCUT2D eigenvalue weighted by atomic mass is 32.2. The summed E-state index contributed by atoms with van der Waals surface area (Å²) in [6.45, 7) is 2.15. The molecule has 4 atom stereocenters. The van der Waals surface area contributed by atoms with Gasteiger partial charge in [0.1, 0.15) is 0 Å². The first-order valence-electron chi connectivity index (χ1n) is 12.6. The molecule has 2 bridgehead atoms. The molecule has 0 saturated heterocycles. The molecule has 2 saturated carbocycles. The number of nitrogens with one attached hydrogen (secondary N) is 2. The third-order valence-corrected chi connectivity index (χ3v) is 8.65. The highest BCUT2D eigenvalue weighted by Crippen LogP contribution is 2.49. The van der Waals surface area contributed by atoms with Crippen LogP contribution in [0.25, 0.3) is 11.1 Å². The van der Waals surface area contributed by atoms with Gasteiger partial charge in [-0.15, -0.1) is 11.8 Å². The second-order valence-electron chi connectivity index (χ2n) is 9.85. The summed E-state index contributed by atoms with van der Waals surface area (Å²) in [5.74, 6) is 2.44. The van der Waals surface area contributed by atoms with Gasteiger partial charge < -0.3 is 10.6 Å². The molecule has 5 rings (SSSR count). The molecule has 35 heavy (non-hydrogen) atoms. The van der Waals surface area contributed by atoms with Crippen LogP contribution in [0.4, 0.5) is 5.69 Å². The maximum atomic E-state index is 13.3. The zero-order valence-electron chi connectivity index (χ0n) is 20.1. The molecular weight excluding hydrogens is 452 g/mol. The summed E-state index contributed by atoms with van der Waals surface area (Å²) < 4.78 is 0. The molecule has 0 unspecified atom stereocenters. The number of thioether (sulfide) groups is 1. The van der Waals surface area contributed by atoms with Gasteiger partial charge in [-0.2, -0.15) is 0 Å². The molecule has 0 spiro atoms. The van der Waals surface area contributed by atoms with E-state index >= 15 is 0 Å². The Labute approximate surface area is 211 Å². The number of rotatable bonds is 8. The Morgan fingerprint density at radius 2 is 1.66 bits per heavy atom. The quantitative estimate of drug-likeness (QED) is 0.352. The van der Waals surface area contributed by atoms with E-state index < -0.39 is 0 Å². The first-order valence-corrected chi connectivity index (χ1v) is 13.5. The van der Waals surface area contributed by atoms with Gasteiger partial charge in [0.25, 0.3) is 5.91 Å². The summed E-state index contributed by atoms with van der Waals surface area (Å²) in [4.78, 5) is 26.8. The highest BCUT2D eigenvalue weighted by molar-refractivity contribution is 8.00. The summed E-state index contributed by atoms with van der Waals surface area (Å²) >= 11 is 1.42. The van der Waals surface area contributed by atoms with Crippen LogP contribution in [-0.4, -0.2) is 23.6 Å². The lowest BCUT2D eigenvalue weighted by atomic mass is 9.84. The maximum Gasteiger partial charge on any atom is 0.256 e. The predicted molar refractivity (Wildman–Crippen MR) is 144 cm³/mol. The Balaban J connectivity index is 1.23. The van der Waals surface area contributed by atoms with Crippen molar-refractivity contribution >= 4 is 29.3 Å². The molecule has 180 valence electrons. The second kappa shape index (κ2) is 10.7. The van der Waals surface area contributed by atoms with Crippen molar-refractivity contribution in [2.45, 2.75) is 43.5 Å². The van der Waals surface area contributed by atoms with Crippen LogP contribution in [0.3, 0.4) is 0 Å². The summed E-state index contributed by atoms with van der Waals surface area (Å²) in [6.07, 6.45) is 5.29. The average Bonchev–Trinajstić information content (AvgIpc) is 3.53. The molecule has 0 aromatic heterocycles. The fourth-order valence-corrected chi connectivity index (χ4v) is 6.74. The fraction of sp³-hybridized carbons (Fsp3) is 0.333. The maximum absolute atomic E-state index is 13.3. The number of benzene rings is 3. The zero-order chi connectivity index (χ0) is 24.2. The van der Waals surface area contributed by atoms with Crippen molar-refractivity contribution in [2.75, 3.05) is 11.1 Å². The van der Waals surface area contributed by atoms with Gasteiger partial charge in [-0.3, -0.25) is 9.59 Å². The Hall–Kier alpha value is -3.05. The minimum absolute atomic E-state index is 0.0370. The van der Waals surface area contributed by atoms with E-state index in [1.54, 1.807) is 0 Å². The smallest absolute Gasteiger partial charge is 0.256 e. The normalized spacial score (nSPS) is 21.5. The standard InChI is InChI=1S/C30H32N2O2S/c1-20(26-18-21-15-16-23(26)17-21)31-29(33)19-35-28-14-8-6-12-25(28)30(34)32-27-13-7-5-11-24(27)22-9-3-2-4-10-22/h2-14,20-21,23,26H,15-19H2,1H3,(H,31,33)(H,32,34)/t20-,21-,23-,26-/m0/s1. The summed E-state index contributed by atoms with van der Waals surface area (Å²) in [7, 11) is 0. The van der Waals surface area contributed by atoms with Gasteiger partial charge in [-0.1, -0.05) is 67.1 Å². The van der Waals surface area contributed by atoms with Crippen molar-refractivity contribution in [3.05, 3.63) is 84.4 Å². The van der Waals surface area contributed by atoms with E-state index in [2.05, 4.69) is 17.6 Å². The van der Waals surface area contributed by atoms with Crippen LogP contribution in [0.15, 0.2) is 83.8 Å². The van der Waals surface area contributed by atoms with Crippen molar-refractivity contribution in [2.24, 2.45) is 17.8 Å². The predicted octanol–water partition coefficient (Wildman–Crippen LogP) is 6.64. The molecular formula is C30H32N2O2S. The van der Waals surface area contributed by atoms with Crippen LogP contribution < -0.4 is 10.6 Å². The van der Waals surface area contributed by atoms with Crippen LogP contribution >= 0.6 is 11.8 Å². The van der Waals surface area contributed by atoms with E-state index in [1.807, 2.05) is 78.9 Å². The van der Waals surface area contributed by atoms with Crippen LogP contribution in [0.2, 0.25) is 0 Å². The van der Waals surface area contributed by atoms with Gasteiger partial charge >= 0.3 is 0 Å². The second-order valence-corrected chi connectivity index (χ2v) is 10.9. The van der Waals surface area contributed by atoms with Crippen LogP contribution in [0.1, 0.15) is 43.0 Å². The van der Waals surface area contributed by atoms with Crippen molar-refractivity contribution in [1.82, 2.24) is 5.32 Å². The van der Waals surface area contributed by atoms with Crippen molar-refractivity contribution in [3.63, 3.8) is 0 Å². The Morgan fingerprint density at radius 3 is 2.43 bits per heavy atom. The van der Waals surface area contributed by atoms with E-state index in [4.69, 9.17) is 0 Å². The Bertz CT molecular complexity index is 1200. The van der Waals surface area contributed by atoms with Crippen molar-refractivity contribution in [1.29, 1.82) is 0 Å². The lowest BCUT2D eigenvalue weighted by Crippen LogP contribution is -2.40. The number of anilines is 1. The van der Waals surface area contributed by atoms with E-state index in [9.17, 15) is 9.59 Å². The van der Waals surface area contributed by atoms with E-state index in [-0.39, 0.29) is 17.9 Å². The van der Waals surface area contributed by atoms with Crippen molar-refractivity contribution < 1.29 is 9.59 Å². The number of fused-ring (bicyclic) bond motifs is 2. The summed E-state index contributed by atoms with van der Waals surface area (Å²) in [6, 6.07) is 25.6. The molecule has 0 aliphatic heterocycles. The van der Waals surface area contributed by atoms with Crippen LogP contribution in [0, 0.1) is 17.8 Å². The topological polar surface area (TPSA) is 58.2 Å². The largest absolute Gasteiger partial charge is 0.353 e. The Kier molecular flexibility index (Phi) is 7.24. The van der Waals surface area contributed by atoms with Crippen LogP contribution in [0.5, 0.6) is 0 Å². The van der Waals surface area contributed by atoms with Gasteiger partial charge in [0.15, 0.2) is 0 Å². The lowest BCUT2D eigenvalue weighted by molar-refractivity contribution is -0.119. The molecule has 2 N–H and O–H groups in total. The molecule has 2 aliphatic carbocycles. The molecule has 2 fully saturated rings. The van der Waals surface area contributed by atoms with E-state index in [1.165, 1.54) is 37.4 Å². The zero-order valence-corrected chi connectivity index (χ0v) is 20.9. The number of amides is 2. The first-order chi connectivity index (χ1) is 17.1. The summed E-state index contributed by atoms with van der Waals surface area (Å²) in [5.41, 5.74) is 3.36. The molecule has 3 aromatic carbocycles. The van der Waals surface area contributed by atoms with Gasteiger partial charge in [0, 0.05) is 22.2 Å². The molecule has 2 amide bonds. The molecule has 5 heteroatoms. The number of para-hydroxylation sites is 1. The molecule has 3 aromatic rings. The first kappa shape index (κ1) is 23.7. The SMILES string of the molecule is C[C@H](NC(=O)CSc1ccccc1C(=O)Nc1ccccc1-c1ccccc1)[C@@H]1C[C@H]2CC[C@H]1C2. The average molecular weight is 485 g/mol. The molecule has 0 heterocycles. The minimum Gasteiger partial charge on any atom is -0.353 e. The van der Waals surface area contributed by atoms with Crippen LogP contribution in [-0.2, 0) is 4.79 Å². The fourth-order valence-electron chi connectivity index (χ4n) is 5.88. The number of carbonyl (C=O) groups is 2.